The summed E-state index contributed by atoms with van der Waals surface area (Å²) < 4.78 is 4.50. The molecule has 1 fully saturated rings. The second kappa shape index (κ2) is 7.72. The van der Waals surface area contributed by atoms with Gasteiger partial charge in [-0.05, 0) is 12.8 Å². The van der Waals surface area contributed by atoms with Crippen LogP contribution in [0.1, 0.15) is 19.3 Å². The van der Waals surface area contributed by atoms with E-state index in [9.17, 15) is 14.4 Å². The first kappa shape index (κ1) is 16.3. The van der Waals surface area contributed by atoms with Gasteiger partial charge in [-0.3, -0.25) is 9.59 Å². The highest BCUT2D eigenvalue weighted by atomic mass is 16.5. The molecule has 114 valence electrons. The minimum absolute atomic E-state index is 0.0189. The molecule has 1 rings (SSSR count). The van der Waals surface area contributed by atoms with Gasteiger partial charge in [-0.1, -0.05) is 0 Å². The number of ether oxygens (including phenoxy) is 1. The first-order valence-electron chi connectivity index (χ1n) is 6.76. The summed E-state index contributed by atoms with van der Waals surface area (Å²) in [5.74, 6) is -0.471. The third-order valence-corrected chi connectivity index (χ3v) is 3.37. The number of hydrogen-bond acceptors (Lipinski definition) is 4. The average Bonchev–Trinajstić information content (AvgIpc) is 2.46. The van der Waals surface area contributed by atoms with E-state index in [1.54, 1.807) is 19.0 Å². The Morgan fingerprint density at radius 2 is 1.85 bits per heavy atom. The van der Waals surface area contributed by atoms with Gasteiger partial charge >= 0.3 is 12.0 Å². The Morgan fingerprint density at radius 3 is 2.35 bits per heavy atom. The first-order valence-corrected chi connectivity index (χ1v) is 6.76. The molecule has 0 aromatic heterocycles. The molecule has 1 aliphatic rings. The van der Waals surface area contributed by atoms with Gasteiger partial charge < -0.3 is 19.9 Å². The van der Waals surface area contributed by atoms with Gasteiger partial charge in [0.2, 0.25) is 5.91 Å². The van der Waals surface area contributed by atoms with E-state index in [4.69, 9.17) is 0 Å². The summed E-state index contributed by atoms with van der Waals surface area (Å²) in [5.41, 5.74) is 0. The number of methoxy groups -OCH3 is 1. The number of carbonyl (C=O) groups is 3. The number of likely N-dealkylation sites (tertiary alicyclic amines) is 1. The molecule has 0 aliphatic carbocycles. The van der Waals surface area contributed by atoms with Crippen molar-refractivity contribution in [2.45, 2.75) is 19.3 Å². The molecule has 1 aliphatic heterocycles. The van der Waals surface area contributed by atoms with Gasteiger partial charge in [0.15, 0.2) is 0 Å². The molecular weight excluding hydrogens is 262 g/mol. The van der Waals surface area contributed by atoms with Crippen LogP contribution < -0.4 is 5.32 Å². The van der Waals surface area contributed by atoms with E-state index < -0.39 is 0 Å². The lowest BCUT2D eigenvalue weighted by atomic mass is 9.96. The summed E-state index contributed by atoms with van der Waals surface area (Å²) in [7, 11) is 4.75. The third kappa shape index (κ3) is 4.71. The van der Waals surface area contributed by atoms with Crippen LogP contribution in [0.3, 0.4) is 0 Å². The number of amides is 3. The molecule has 0 aromatic carbocycles. The average molecular weight is 285 g/mol. The van der Waals surface area contributed by atoms with Crippen molar-refractivity contribution in [2.24, 2.45) is 5.92 Å². The highest BCUT2D eigenvalue weighted by Crippen LogP contribution is 2.18. The van der Waals surface area contributed by atoms with Gasteiger partial charge in [-0.2, -0.15) is 0 Å². The molecule has 0 radical (unpaired) electrons. The molecule has 0 unspecified atom stereocenters. The molecule has 0 aromatic rings. The van der Waals surface area contributed by atoms with Crippen LogP contribution in [0.2, 0.25) is 0 Å². The number of urea groups is 1. The van der Waals surface area contributed by atoms with Gasteiger partial charge in [0.05, 0.1) is 13.5 Å². The fourth-order valence-corrected chi connectivity index (χ4v) is 2.15. The van der Waals surface area contributed by atoms with Crippen LogP contribution in [-0.2, 0) is 14.3 Å². The zero-order valence-corrected chi connectivity index (χ0v) is 12.3. The predicted molar refractivity (Wildman–Crippen MR) is 73.0 cm³/mol. The zero-order chi connectivity index (χ0) is 15.1. The fraction of sp³-hybridized carbons (Fsp3) is 0.769. The Balaban J connectivity index is 2.29. The molecule has 7 nitrogen and oxygen atoms in total. The second-order valence-corrected chi connectivity index (χ2v) is 5.06. The maximum atomic E-state index is 11.9. The van der Waals surface area contributed by atoms with E-state index >= 15 is 0 Å². The fourth-order valence-electron chi connectivity index (χ4n) is 2.15. The molecule has 0 bridgehead atoms. The number of hydrogen-bond donors (Lipinski definition) is 1. The number of nitrogens with one attached hydrogen (secondary N) is 1. The second-order valence-electron chi connectivity index (χ2n) is 5.06. The van der Waals surface area contributed by atoms with Gasteiger partial charge in [0.1, 0.15) is 0 Å². The third-order valence-electron chi connectivity index (χ3n) is 3.37. The zero-order valence-electron chi connectivity index (χ0n) is 12.3. The molecular formula is C13H23N3O4. The van der Waals surface area contributed by atoms with Crippen LogP contribution >= 0.6 is 0 Å². The normalized spacial score (nSPS) is 15.7. The highest BCUT2D eigenvalue weighted by molar-refractivity contribution is 5.80. The van der Waals surface area contributed by atoms with E-state index in [0.717, 1.165) is 0 Å². The minimum atomic E-state index is -0.336. The monoisotopic (exact) mass is 285 g/mol. The van der Waals surface area contributed by atoms with Crippen molar-refractivity contribution in [1.82, 2.24) is 15.1 Å². The lowest BCUT2D eigenvalue weighted by molar-refractivity contribution is -0.140. The smallest absolute Gasteiger partial charge is 0.319 e. The van der Waals surface area contributed by atoms with Gasteiger partial charge in [0.25, 0.3) is 0 Å². The number of piperidine rings is 1. The standard InChI is InChI=1S/C13H23N3O4/c1-15(2)13(19)16-8-5-10(6-9-16)12(18)14-7-4-11(17)20-3/h10H,4-9H2,1-3H3,(H,14,18). The van der Waals surface area contributed by atoms with Crippen molar-refractivity contribution in [3.63, 3.8) is 0 Å². The van der Waals surface area contributed by atoms with Crippen molar-refractivity contribution in [3.05, 3.63) is 0 Å². The summed E-state index contributed by atoms with van der Waals surface area (Å²) in [4.78, 5) is 37.9. The predicted octanol–water partition coefficient (Wildman–Crippen LogP) is 0.0593. The van der Waals surface area contributed by atoms with Crippen LogP contribution in [0.25, 0.3) is 0 Å². The van der Waals surface area contributed by atoms with E-state index in [0.29, 0.717) is 32.5 Å². The summed E-state index contributed by atoms with van der Waals surface area (Å²) in [6.07, 6.45) is 1.49. The lowest BCUT2D eigenvalue weighted by Gasteiger charge is -2.33. The molecule has 1 N–H and O–H groups in total. The molecule has 1 heterocycles. The number of rotatable bonds is 4. The summed E-state index contributed by atoms with van der Waals surface area (Å²) in [6, 6.07) is -0.0189. The Hall–Kier alpha value is -1.79. The molecule has 20 heavy (non-hydrogen) atoms. The van der Waals surface area contributed by atoms with Crippen LogP contribution in [-0.4, -0.2) is 68.5 Å². The van der Waals surface area contributed by atoms with E-state index in [2.05, 4.69) is 10.1 Å². The largest absolute Gasteiger partial charge is 0.469 e. The Labute approximate surface area is 119 Å². The molecule has 7 heteroatoms. The summed E-state index contributed by atoms with van der Waals surface area (Å²) in [5, 5.41) is 2.73. The summed E-state index contributed by atoms with van der Waals surface area (Å²) in [6.45, 7) is 1.47. The molecule has 3 amide bonds. The van der Waals surface area contributed by atoms with Crippen molar-refractivity contribution in [2.75, 3.05) is 40.8 Å². The van der Waals surface area contributed by atoms with Gasteiger partial charge in [0, 0.05) is 39.6 Å². The van der Waals surface area contributed by atoms with Crippen molar-refractivity contribution < 1.29 is 19.1 Å². The van der Waals surface area contributed by atoms with Crippen molar-refractivity contribution >= 4 is 17.9 Å². The first-order chi connectivity index (χ1) is 9.45. The van der Waals surface area contributed by atoms with Crippen molar-refractivity contribution in [3.8, 4) is 0 Å². The maximum Gasteiger partial charge on any atom is 0.319 e. The molecule has 1 saturated heterocycles. The minimum Gasteiger partial charge on any atom is -0.469 e. The van der Waals surface area contributed by atoms with Crippen LogP contribution in [0.5, 0.6) is 0 Å². The lowest BCUT2D eigenvalue weighted by Crippen LogP contribution is -2.46. The number of esters is 1. The quantitative estimate of drug-likeness (QED) is 0.741. The number of nitrogens with zero attached hydrogens (tertiary/aromatic N) is 2. The number of carbonyl (C=O) groups excluding carboxylic acids is 3. The van der Waals surface area contributed by atoms with E-state index in [1.165, 1.54) is 12.0 Å². The Bertz CT molecular complexity index is 363. The molecule has 0 atom stereocenters. The van der Waals surface area contributed by atoms with Crippen LogP contribution in [0.15, 0.2) is 0 Å². The summed E-state index contributed by atoms with van der Waals surface area (Å²) >= 11 is 0. The maximum absolute atomic E-state index is 11.9. The van der Waals surface area contributed by atoms with E-state index in [1.807, 2.05) is 0 Å². The van der Waals surface area contributed by atoms with Crippen LogP contribution in [0.4, 0.5) is 4.79 Å². The van der Waals surface area contributed by atoms with E-state index in [-0.39, 0.29) is 30.2 Å². The topological polar surface area (TPSA) is 79.0 Å². The molecule has 0 saturated carbocycles. The highest BCUT2D eigenvalue weighted by Gasteiger charge is 2.27. The van der Waals surface area contributed by atoms with Crippen LogP contribution in [0, 0.1) is 5.92 Å². The SMILES string of the molecule is COC(=O)CCNC(=O)C1CCN(C(=O)N(C)C)CC1. The van der Waals surface area contributed by atoms with Crippen molar-refractivity contribution in [1.29, 1.82) is 0 Å². The van der Waals surface area contributed by atoms with Gasteiger partial charge in [-0.25, -0.2) is 4.79 Å². The Morgan fingerprint density at radius 1 is 1.25 bits per heavy atom. The Kier molecular flexibility index (Phi) is 6.27. The van der Waals surface area contributed by atoms with Gasteiger partial charge in [-0.15, -0.1) is 0 Å². The molecule has 0 spiro atoms.